The first kappa shape index (κ1) is 63.0. The number of hydrogen-bond acceptors (Lipinski definition) is 15. The van der Waals surface area contributed by atoms with Gasteiger partial charge in [0.05, 0.1) is 31.3 Å². The summed E-state index contributed by atoms with van der Waals surface area (Å²) in [5.74, 6) is -14.3. The van der Waals surface area contributed by atoms with Crippen LogP contribution in [0, 0.1) is 23.7 Å². The SMILES string of the molecule is CC[C@H](C)[C@H](NC(=O)[C@@H](N)CC(=O)O)C(=O)N[C@@H](CO)C(=O)N[C@@H](CC(C)C)C(=O)N[C@H](C(=O)N[C@@H](CCC(=O)O)C(=O)N[C@@H](CC(C)C)C(=O)N[C@H](C(=O)N[C@H](C(=O)O)[C@@H](C)O)C(C)C)[C@@H](C)O. The van der Waals surface area contributed by atoms with Crippen LogP contribution >= 0.6 is 0 Å². The lowest BCUT2D eigenvalue weighted by Crippen LogP contribution is -2.62. The molecule has 0 bridgehead atoms. The molecule has 0 aliphatic carbocycles. The van der Waals surface area contributed by atoms with E-state index in [1.54, 1.807) is 55.4 Å². The van der Waals surface area contributed by atoms with Crippen molar-refractivity contribution in [3.8, 4) is 0 Å². The molecule has 26 nitrogen and oxygen atoms in total. The minimum Gasteiger partial charge on any atom is -0.481 e. The number of aliphatic hydroxyl groups excluding tert-OH is 3. The number of carbonyl (C=O) groups excluding carboxylic acids is 8. The van der Waals surface area contributed by atoms with Crippen molar-refractivity contribution in [3.05, 3.63) is 0 Å². The molecule has 0 rings (SSSR count). The highest BCUT2D eigenvalue weighted by Crippen LogP contribution is 2.13. The van der Waals surface area contributed by atoms with Gasteiger partial charge in [-0.25, -0.2) is 4.79 Å². The number of hydrogen-bond donors (Lipinski definition) is 15. The Balaban J connectivity index is 6.50. The second kappa shape index (κ2) is 30.5. The fraction of sp³-hybridized carbons (Fsp3) is 0.744. The zero-order valence-corrected chi connectivity index (χ0v) is 40.9. The molecule has 0 spiro atoms. The van der Waals surface area contributed by atoms with Gasteiger partial charge in [0.2, 0.25) is 47.3 Å². The van der Waals surface area contributed by atoms with Crippen LogP contribution in [0.5, 0.6) is 0 Å². The highest BCUT2D eigenvalue weighted by Gasteiger charge is 2.38. The summed E-state index contributed by atoms with van der Waals surface area (Å²) in [5.41, 5.74) is 5.64. The van der Waals surface area contributed by atoms with E-state index in [1.165, 1.54) is 0 Å². The zero-order chi connectivity index (χ0) is 53.6. The number of amides is 8. The summed E-state index contributed by atoms with van der Waals surface area (Å²) in [6.45, 7) is 14.3. The normalized spacial score (nSPS) is 16.6. The Morgan fingerprint density at radius 2 is 0.841 bits per heavy atom. The summed E-state index contributed by atoms with van der Waals surface area (Å²) in [6, 6.07) is -14.1. The Bertz CT molecular complexity index is 1790. The molecular formula is C43H75N9O17. The Labute approximate surface area is 400 Å². The van der Waals surface area contributed by atoms with Crippen molar-refractivity contribution in [1.82, 2.24) is 42.5 Å². The second-order valence-electron chi connectivity index (χ2n) is 18.2. The fourth-order valence-corrected chi connectivity index (χ4v) is 6.53. The van der Waals surface area contributed by atoms with E-state index in [1.807, 2.05) is 0 Å². The number of carboxylic acids is 3. The third-order valence-electron chi connectivity index (χ3n) is 10.7. The van der Waals surface area contributed by atoms with Gasteiger partial charge in [-0.1, -0.05) is 61.8 Å². The minimum absolute atomic E-state index is 0.0521. The third-order valence-corrected chi connectivity index (χ3v) is 10.7. The molecule has 0 aromatic rings. The van der Waals surface area contributed by atoms with E-state index in [-0.39, 0.29) is 24.7 Å². The number of rotatable bonds is 32. The summed E-state index contributed by atoms with van der Waals surface area (Å²) >= 11 is 0. The minimum atomic E-state index is -1.86. The molecule has 69 heavy (non-hydrogen) atoms. The van der Waals surface area contributed by atoms with E-state index in [2.05, 4.69) is 42.5 Å². The molecule has 0 saturated carbocycles. The van der Waals surface area contributed by atoms with E-state index in [0.29, 0.717) is 6.42 Å². The lowest BCUT2D eigenvalue weighted by molar-refractivity contribution is -0.145. The molecule has 0 aliphatic heterocycles. The van der Waals surface area contributed by atoms with Gasteiger partial charge in [0.25, 0.3) is 0 Å². The molecule has 8 amide bonds. The molecule has 0 saturated heterocycles. The monoisotopic (exact) mass is 990 g/mol. The van der Waals surface area contributed by atoms with Crippen LogP contribution in [0.15, 0.2) is 0 Å². The van der Waals surface area contributed by atoms with Gasteiger partial charge in [-0.05, 0) is 56.8 Å². The number of aliphatic hydroxyl groups is 3. The summed E-state index contributed by atoms with van der Waals surface area (Å²) < 4.78 is 0. The van der Waals surface area contributed by atoms with Crippen LogP contribution in [-0.2, 0) is 52.7 Å². The molecule has 0 heterocycles. The maximum atomic E-state index is 13.8. The maximum absolute atomic E-state index is 13.8. The van der Waals surface area contributed by atoms with Gasteiger partial charge in [0, 0.05) is 6.42 Å². The van der Waals surface area contributed by atoms with E-state index >= 15 is 0 Å². The van der Waals surface area contributed by atoms with E-state index in [9.17, 15) is 78.3 Å². The topological polar surface area (TPSA) is 431 Å². The molecule has 26 heteroatoms. The van der Waals surface area contributed by atoms with E-state index in [0.717, 1.165) is 13.8 Å². The Morgan fingerprint density at radius 1 is 0.464 bits per heavy atom. The highest BCUT2D eigenvalue weighted by molar-refractivity contribution is 5.98. The molecule has 0 aromatic carbocycles. The quantitative estimate of drug-likeness (QED) is 0.0307. The lowest BCUT2D eigenvalue weighted by Gasteiger charge is -2.30. The first-order valence-electron chi connectivity index (χ1n) is 22.7. The maximum Gasteiger partial charge on any atom is 0.328 e. The molecule has 0 radical (unpaired) electrons. The highest BCUT2D eigenvalue weighted by atomic mass is 16.4. The molecule has 16 N–H and O–H groups in total. The number of carboxylic acid groups (broad SMARTS) is 3. The Hall–Kier alpha value is -5.99. The van der Waals surface area contributed by atoms with Crippen LogP contribution in [0.1, 0.15) is 108 Å². The van der Waals surface area contributed by atoms with Gasteiger partial charge < -0.3 is 78.9 Å². The molecule has 0 unspecified atom stereocenters. The lowest BCUT2D eigenvalue weighted by atomic mass is 9.97. The molecule has 394 valence electrons. The van der Waals surface area contributed by atoms with Crippen molar-refractivity contribution in [2.24, 2.45) is 29.4 Å². The first-order valence-corrected chi connectivity index (χ1v) is 22.7. The first-order chi connectivity index (χ1) is 31.9. The van der Waals surface area contributed by atoms with Crippen LogP contribution in [0.25, 0.3) is 0 Å². The third kappa shape index (κ3) is 22.8. The predicted octanol–water partition coefficient (Wildman–Crippen LogP) is -3.84. The van der Waals surface area contributed by atoms with Gasteiger partial charge in [-0.3, -0.25) is 47.9 Å². The standard InChI is InChI=1S/C43H75N9O17/c1-11-21(8)32(50-35(60)24(44)16-30(58)59)41(66)48-28(17-53)39(64)47-27(15-19(4)5)38(63)51-33(22(9)54)42(67)45-25(12-13-29(56)57)36(61)46-26(14-18(2)3)37(62)49-31(20(6)7)40(65)52-34(23(10)55)43(68)69/h18-28,31-34,53-55H,11-17,44H2,1-10H3,(H,45,67)(H,46,61)(H,47,64)(H,48,66)(H,49,62)(H,50,60)(H,51,63)(H,52,65)(H,56,57)(H,58,59)(H,68,69)/t21-,22+,23+,24-,25-,26-,27-,28-,31-,32-,33-,34-/m0/s1. The van der Waals surface area contributed by atoms with Crippen molar-refractivity contribution in [3.63, 3.8) is 0 Å². The molecule has 0 aliphatic rings. The van der Waals surface area contributed by atoms with Crippen LogP contribution < -0.4 is 48.3 Å². The molecular weight excluding hydrogens is 915 g/mol. The van der Waals surface area contributed by atoms with Crippen molar-refractivity contribution in [1.29, 1.82) is 0 Å². The summed E-state index contributed by atoms with van der Waals surface area (Å²) in [4.78, 5) is 142. The second-order valence-corrected chi connectivity index (χ2v) is 18.2. The van der Waals surface area contributed by atoms with E-state index < -0.39 is 169 Å². The Kier molecular flexibility index (Phi) is 27.8. The number of carbonyl (C=O) groups is 11. The van der Waals surface area contributed by atoms with Crippen molar-refractivity contribution >= 4 is 65.2 Å². The smallest absolute Gasteiger partial charge is 0.328 e. The van der Waals surface area contributed by atoms with Gasteiger partial charge in [-0.2, -0.15) is 0 Å². The van der Waals surface area contributed by atoms with Crippen molar-refractivity contribution in [2.45, 2.75) is 174 Å². The average Bonchev–Trinajstić information content (AvgIpc) is 3.23. The zero-order valence-electron chi connectivity index (χ0n) is 40.9. The Morgan fingerprint density at radius 3 is 1.23 bits per heavy atom. The van der Waals surface area contributed by atoms with Gasteiger partial charge in [0.15, 0.2) is 6.04 Å². The van der Waals surface area contributed by atoms with Crippen LogP contribution in [-0.4, -0.2) is 169 Å². The molecule has 0 aromatic heterocycles. The average molecular weight is 990 g/mol. The fourth-order valence-electron chi connectivity index (χ4n) is 6.53. The van der Waals surface area contributed by atoms with Crippen LogP contribution in [0.4, 0.5) is 0 Å². The number of nitrogens with one attached hydrogen (secondary N) is 8. The van der Waals surface area contributed by atoms with Gasteiger partial charge in [0.1, 0.15) is 42.3 Å². The summed E-state index contributed by atoms with van der Waals surface area (Å²) in [7, 11) is 0. The number of nitrogens with two attached hydrogens (primary N) is 1. The summed E-state index contributed by atoms with van der Waals surface area (Å²) in [6.07, 6.45) is -5.02. The summed E-state index contributed by atoms with van der Waals surface area (Å²) in [5, 5.41) is 77.3. The van der Waals surface area contributed by atoms with Gasteiger partial charge in [-0.15, -0.1) is 0 Å². The largest absolute Gasteiger partial charge is 0.481 e. The van der Waals surface area contributed by atoms with Crippen LogP contribution in [0.2, 0.25) is 0 Å². The molecule has 0 fully saturated rings. The van der Waals surface area contributed by atoms with Crippen molar-refractivity contribution < 1.29 is 83.4 Å². The molecule has 12 atom stereocenters. The van der Waals surface area contributed by atoms with E-state index in [4.69, 9.17) is 10.8 Å². The predicted molar refractivity (Wildman–Crippen MR) is 244 cm³/mol. The number of aliphatic carboxylic acids is 3. The van der Waals surface area contributed by atoms with Gasteiger partial charge >= 0.3 is 17.9 Å². The van der Waals surface area contributed by atoms with Crippen molar-refractivity contribution in [2.75, 3.05) is 6.61 Å². The van der Waals surface area contributed by atoms with Crippen LogP contribution in [0.3, 0.4) is 0 Å².